The van der Waals surface area contributed by atoms with Crippen LogP contribution < -0.4 is 15.0 Å². The third-order valence-corrected chi connectivity index (χ3v) is 4.28. The molecule has 0 unspecified atom stereocenters. The number of nitrogens with zero attached hydrogens (tertiary/aromatic N) is 1. The molecule has 1 heterocycles. The van der Waals surface area contributed by atoms with Crippen molar-refractivity contribution in [2.45, 2.75) is 19.4 Å². The number of carbonyl (C=O) groups excluding carboxylic acids is 2. The highest BCUT2D eigenvalue weighted by Gasteiger charge is 2.32. The SMILES string of the molecule is CCOc1ccccc1C(=O)N[C@H]1CC(=O)N(c2ccc(Cl)cc2)C1. The molecule has 0 aromatic heterocycles. The lowest BCUT2D eigenvalue weighted by Crippen LogP contribution is -2.37. The largest absolute Gasteiger partial charge is 0.493 e. The Bertz CT molecular complexity index is 776. The zero-order valence-corrected chi connectivity index (χ0v) is 14.6. The lowest BCUT2D eigenvalue weighted by Gasteiger charge is -2.18. The van der Waals surface area contributed by atoms with E-state index in [1.807, 2.05) is 13.0 Å². The van der Waals surface area contributed by atoms with E-state index in [9.17, 15) is 9.59 Å². The molecule has 25 heavy (non-hydrogen) atoms. The Morgan fingerprint density at radius 3 is 2.68 bits per heavy atom. The molecule has 1 saturated heterocycles. The molecule has 1 atom stereocenters. The van der Waals surface area contributed by atoms with Crippen LogP contribution in [0.5, 0.6) is 5.75 Å². The first-order chi connectivity index (χ1) is 12.1. The van der Waals surface area contributed by atoms with Crippen LogP contribution in [0, 0.1) is 0 Å². The molecule has 0 bridgehead atoms. The summed E-state index contributed by atoms with van der Waals surface area (Å²) in [6.45, 7) is 2.79. The second-order valence-corrected chi connectivity index (χ2v) is 6.22. The topological polar surface area (TPSA) is 58.6 Å². The van der Waals surface area contributed by atoms with Gasteiger partial charge in [0.1, 0.15) is 5.75 Å². The molecule has 0 radical (unpaired) electrons. The third-order valence-electron chi connectivity index (χ3n) is 4.03. The number of hydrogen-bond acceptors (Lipinski definition) is 3. The fourth-order valence-corrected chi connectivity index (χ4v) is 3.00. The molecular weight excluding hydrogens is 340 g/mol. The lowest BCUT2D eigenvalue weighted by molar-refractivity contribution is -0.117. The molecule has 0 aliphatic carbocycles. The van der Waals surface area contributed by atoms with Gasteiger partial charge >= 0.3 is 0 Å². The summed E-state index contributed by atoms with van der Waals surface area (Å²) in [4.78, 5) is 26.5. The van der Waals surface area contributed by atoms with Gasteiger partial charge in [0.25, 0.3) is 5.91 Å². The van der Waals surface area contributed by atoms with E-state index in [2.05, 4.69) is 5.32 Å². The van der Waals surface area contributed by atoms with Crippen LogP contribution in [0.25, 0.3) is 0 Å². The van der Waals surface area contributed by atoms with E-state index in [4.69, 9.17) is 16.3 Å². The summed E-state index contributed by atoms with van der Waals surface area (Å²) in [7, 11) is 0. The zero-order valence-electron chi connectivity index (χ0n) is 13.9. The van der Waals surface area contributed by atoms with Gasteiger partial charge in [0.05, 0.1) is 18.2 Å². The highest BCUT2D eigenvalue weighted by atomic mass is 35.5. The Balaban J connectivity index is 1.69. The van der Waals surface area contributed by atoms with Gasteiger partial charge in [-0.3, -0.25) is 9.59 Å². The Labute approximate surface area is 151 Å². The molecule has 5 nitrogen and oxygen atoms in total. The number of hydrogen-bond donors (Lipinski definition) is 1. The quantitative estimate of drug-likeness (QED) is 0.892. The molecule has 2 aromatic rings. The average Bonchev–Trinajstić information content (AvgIpc) is 2.96. The van der Waals surface area contributed by atoms with E-state index in [1.54, 1.807) is 47.4 Å². The second-order valence-electron chi connectivity index (χ2n) is 5.78. The van der Waals surface area contributed by atoms with Crippen molar-refractivity contribution < 1.29 is 14.3 Å². The molecule has 1 aliphatic heterocycles. The maximum atomic E-state index is 12.6. The molecule has 130 valence electrons. The molecule has 6 heteroatoms. The van der Waals surface area contributed by atoms with Crippen molar-refractivity contribution in [3.63, 3.8) is 0 Å². The normalized spacial score (nSPS) is 16.8. The van der Waals surface area contributed by atoms with Gasteiger partial charge in [0.15, 0.2) is 0 Å². The minimum absolute atomic E-state index is 0.0225. The van der Waals surface area contributed by atoms with Crippen LogP contribution in [0.1, 0.15) is 23.7 Å². The van der Waals surface area contributed by atoms with Crippen molar-refractivity contribution in [1.82, 2.24) is 5.32 Å². The summed E-state index contributed by atoms with van der Waals surface area (Å²) in [5, 5.41) is 3.55. The number of benzene rings is 2. The first kappa shape index (κ1) is 17.3. The fraction of sp³-hybridized carbons (Fsp3) is 0.263. The standard InChI is InChI=1S/C19H19ClN2O3/c1-2-25-17-6-4-3-5-16(17)19(24)21-14-11-18(23)22(12-14)15-9-7-13(20)8-10-15/h3-10,14H,2,11-12H2,1H3,(H,21,24)/t14-/m0/s1. The van der Waals surface area contributed by atoms with Crippen molar-refractivity contribution in [2.75, 3.05) is 18.1 Å². The summed E-state index contributed by atoms with van der Waals surface area (Å²) in [5.41, 5.74) is 1.25. The number of para-hydroxylation sites is 1. The van der Waals surface area contributed by atoms with E-state index < -0.39 is 0 Å². The number of rotatable bonds is 5. The maximum absolute atomic E-state index is 12.6. The molecule has 1 fully saturated rings. The van der Waals surface area contributed by atoms with Gasteiger partial charge in [-0.05, 0) is 43.3 Å². The predicted octanol–water partition coefficient (Wildman–Crippen LogP) is 3.27. The van der Waals surface area contributed by atoms with Gasteiger partial charge in [-0.2, -0.15) is 0 Å². The van der Waals surface area contributed by atoms with Crippen molar-refractivity contribution in [2.24, 2.45) is 0 Å². The fourth-order valence-electron chi connectivity index (χ4n) is 2.87. The van der Waals surface area contributed by atoms with Gasteiger partial charge < -0.3 is 15.0 Å². The van der Waals surface area contributed by atoms with Crippen LogP contribution in [0.2, 0.25) is 5.02 Å². The van der Waals surface area contributed by atoms with Crippen LogP contribution in [0.3, 0.4) is 0 Å². The molecule has 2 amide bonds. The zero-order chi connectivity index (χ0) is 17.8. The molecule has 1 N–H and O–H groups in total. The summed E-state index contributed by atoms with van der Waals surface area (Å²) < 4.78 is 5.49. The van der Waals surface area contributed by atoms with E-state index in [0.717, 1.165) is 5.69 Å². The third kappa shape index (κ3) is 3.94. The van der Waals surface area contributed by atoms with Crippen LogP contribution in [-0.2, 0) is 4.79 Å². The molecular formula is C19H19ClN2O3. The predicted molar refractivity (Wildman–Crippen MR) is 97.3 cm³/mol. The summed E-state index contributed by atoms with van der Waals surface area (Å²) in [5.74, 6) is 0.284. The van der Waals surface area contributed by atoms with E-state index in [1.165, 1.54) is 0 Å². The Morgan fingerprint density at radius 2 is 1.96 bits per heavy atom. The average molecular weight is 359 g/mol. The number of carbonyl (C=O) groups is 2. The summed E-state index contributed by atoms with van der Waals surface area (Å²) in [6.07, 6.45) is 0.269. The van der Waals surface area contributed by atoms with E-state index >= 15 is 0 Å². The second kappa shape index (κ2) is 7.57. The van der Waals surface area contributed by atoms with Gasteiger partial charge in [0.2, 0.25) is 5.91 Å². The molecule has 0 spiro atoms. The summed E-state index contributed by atoms with van der Waals surface area (Å²) in [6, 6.07) is 13.9. The van der Waals surface area contributed by atoms with Gasteiger partial charge in [-0.15, -0.1) is 0 Å². The maximum Gasteiger partial charge on any atom is 0.255 e. The number of halogens is 1. The Hall–Kier alpha value is -2.53. The van der Waals surface area contributed by atoms with Crippen LogP contribution in [0.15, 0.2) is 48.5 Å². The smallest absolute Gasteiger partial charge is 0.255 e. The Morgan fingerprint density at radius 1 is 1.24 bits per heavy atom. The van der Waals surface area contributed by atoms with Crippen LogP contribution >= 0.6 is 11.6 Å². The molecule has 2 aromatic carbocycles. The highest BCUT2D eigenvalue weighted by molar-refractivity contribution is 6.30. The number of ether oxygens (including phenoxy) is 1. The monoisotopic (exact) mass is 358 g/mol. The van der Waals surface area contributed by atoms with Crippen LogP contribution in [0.4, 0.5) is 5.69 Å². The van der Waals surface area contributed by atoms with Gasteiger partial charge in [-0.25, -0.2) is 0 Å². The van der Waals surface area contributed by atoms with Crippen molar-refractivity contribution >= 4 is 29.1 Å². The van der Waals surface area contributed by atoms with Crippen molar-refractivity contribution in [3.05, 3.63) is 59.1 Å². The van der Waals surface area contributed by atoms with E-state index in [0.29, 0.717) is 29.5 Å². The first-order valence-electron chi connectivity index (χ1n) is 8.17. The van der Waals surface area contributed by atoms with Gasteiger partial charge in [-0.1, -0.05) is 23.7 Å². The lowest BCUT2D eigenvalue weighted by atomic mass is 10.1. The van der Waals surface area contributed by atoms with Crippen molar-refractivity contribution in [3.8, 4) is 5.75 Å². The van der Waals surface area contributed by atoms with Crippen LogP contribution in [-0.4, -0.2) is 31.0 Å². The number of anilines is 1. The number of amides is 2. The molecule has 1 aliphatic rings. The molecule has 0 saturated carbocycles. The van der Waals surface area contributed by atoms with Crippen molar-refractivity contribution in [1.29, 1.82) is 0 Å². The molecule has 3 rings (SSSR count). The number of nitrogens with one attached hydrogen (secondary N) is 1. The minimum atomic E-state index is -0.245. The first-order valence-corrected chi connectivity index (χ1v) is 8.55. The summed E-state index contributed by atoms with van der Waals surface area (Å²) >= 11 is 5.89. The Kier molecular flexibility index (Phi) is 5.24. The minimum Gasteiger partial charge on any atom is -0.493 e. The van der Waals surface area contributed by atoms with Gasteiger partial charge in [0, 0.05) is 23.7 Å². The highest BCUT2D eigenvalue weighted by Crippen LogP contribution is 2.24. The van der Waals surface area contributed by atoms with E-state index in [-0.39, 0.29) is 24.3 Å².